The first-order chi connectivity index (χ1) is 16.4. The van der Waals surface area contributed by atoms with Gasteiger partial charge in [0.05, 0.1) is 33.6 Å². The largest absolute Gasteiger partial charge is 0.493 e. The number of methoxy groups -OCH3 is 3. The van der Waals surface area contributed by atoms with Gasteiger partial charge in [0, 0.05) is 15.8 Å². The second kappa shape index (κ2) is 9.46. The molecule has 4 rings (SSSR count). The van der Waals surface area contributed by atoms with Gasteiger partial charge in [-0.1, -0.05) is 6.07 Å². The number of ether oxygens (including phenoxy) is 3. The van der Waals surface area contributed by atoms with Gasteiger partial charge in [-0.15, -0.1) is 22.7 Å². The van der Waals surface area contributed by atoms with E-state index in [1.807, 2.05) is 17.5 Å². The average molecular weight is 496 g/mol. The number of aromatic nitrogens is 1. The van der Waals surface area contributed by atoms with Crippen LogP contribution in [0.25, 0.3) is 21.3 Å². The molecule has 0 spiro atoms. The molecule has 11 heteroatoms. The van der Waals surface area contributed by atoms with Crippen molar-refractivity contribution >= 4 is 50.3 Å². The number of fused-ring (bicyclic) bond motifs is 1. The third-order valence-electron chi connectivity index (χ3n) is 5.18. The van der Waals surface area contributed by atoms with Gasteiger partial charge in [-0.2, -0.15) is 5.26 Å². The number of carbonyl (C=O) groups is 1. The molecule has 0 aliphatic heterocycles. The molecular formula is C23H21N5O4S2. The summed E-state index contributed by atoms with van der Waals surface area (Å²) >= 11 is 2.66. The molecular weight excluding hydrogens is 474 g/mol. The summed E-state index contributed by atoms with van der Waals surface area (Å²) in [7, 11) is 4.50. The number of nitriles is 1. The van der Waals surface area contributed by atoms with E-state index in [1.165, 1.54) is 21.3 Å². The molecule has 0 aliphatic rings. The van der Waals surface area contributed by atoms with Crippen molar-refractivity contribution in [3.63, 3.8) is 0 Å². The van der Waals surface area contributed by atoms with Gasteiger partial charge in [0.1, 0.15) is 27.2 Å². The lowest BCUT2D eigenvalue weighted by Gasteiger charge is -2.16. The van der Waals surface area contributed by atoms with Crippen molar-refractivity contribution in [3.8, 4) is 34.4 Å². The number of nitrogen functional groups attached to an aromatic ring is 2. The summed E-state index contributed by atoms with van der Waals surface area (Å²) in [5.74, 6) is 0.892. The maximum atomic E-state index is 12.9. The average Bonchev–Trinajstić information content (AvgIpc) is 3.48. The molecule has 174 valence electrons. The Kier molecular flexibility index (Phi) is 6.45. The third-order valence-corrected chi connectivity index (χ3v) is 7.15. The van der Waals surface area contributed by atoms with Crippen LogP contribution in [-0.4, -0.2) is 32.2 Å². The second-order valence-corrected chi connectivity index (χ2v) is 9.09. The Labute approximate surface area is 203 Å². The van der Waals surface area contributed by atoms with Crippen molar-refractivity contribution in [2.75, 3.05) is 32.8 Å². The molecule has 3 aromatic heterocycles. The highest BCUT2D eigenvalue weighted by molar-refractivity contribution is 7.21. The number of benzene rings is 1. The molecule has 0 aliphatic carbocycles. The first-order valence-corrected chi connectivity index (χ1v) is 11.7. The number of carbonyl (C=O) groups excluding carboxylic acids is 1. The lowest BCUT2D eigenvalue weighted by molar-refractivity contribution is 0.0956. The van der Waals surface area contributed by atoms with Crippen molar-refractivity contribution in [3.05, 3.63) is 45.0 Å². The van der Waals surface area contributed by atoms with Gasteiger partial charge < -0.3 is 31.0 Å². The third kappa shape index (κ3) is 3.93. The van der Waals surface area contributed by atoms with E-state index >= 15 is 0 Å². The van der Waals surface area contributed by atoms with Gasteiger partial charge >= 0.3 is 0 Å². The molecule has 5 N–H and O–H groups in total. The van der Waals surface area contributed by atoms with Crippen LogP contribution in [0.2, 0.25) is 0 Å². The zero-order valence-corrected chi connectivity index (χ0v) is 20.2. The maximum Gasteiger partial charge on any atom is 0.263 e. The summed E-state index contributed by atoms with van der Waals surface area (Å²) in [5.41, 5.74) is 14.0. The van der Waals surface area contributed by atoms with E-state index < -0.39 is 0 Å². The van der Waals surface area contributed by atoms with Gasteiger partial charge in [-0.3, -0.25) is 4.79 Å². The summed E-state index contributed by atoms with van der Waals surface area (Å²) in [6.07, 6.45) is 0. The summed E-state index contributed by atoms with van der Waals surface area (Å²) in [5, 5.41) is 15.2. The van der Waals surface area contributed by atoms with Crippen LogP contribution in [0, 0.1) is 11.3 Å². The molecule has 0 radical (unpaired) electrons. The van der Waals surface area contributed by atoms with Crippen molar-refractivity contribution in [1.29, 1.82) is 5.26 Å². The first-order valence-electron chi connectivity index (χ1n) is 9.95. The fourth-order valence-corrected chi connectivity index (χ4v) is 5.30. The van der Waals surface area contributed by atoms with E-state index in [0.29, 0.717) is 50.0 Å². The molecule has 0 bridgehead atoms. The van der Waals surface area contributed by atoms with Crippen LogP contribution in [0.3, 0.4) is 0 Å². The topological polar surface area (TPSA) is 146 Å². The van der Waals surface area contributed by atoms with Crippen molar-refractivity contribution in [2.45, 2.75) is 6.54 Å². The molecule has 0 fully saturated rings. The Morgan fingerprint density at radius 3 is 2.44 bits per heavy atom. The van der Waals surface area contributed by atoms with Gasteiger partial charge in [0.25, 0.3) is 5.91 Å². The standard InChI is InChI=1S/C23H21N5O4S2/c1-30-14-7-11(8-15(31-2)19(14)32-3)16-13(9-24)21(26)28-23-17(16)18(25)20(34-23)22(29)27-10-12-5-4-6-33-12/h4-8H,10,25H2,1-3H3,(H2,26,28)(H,27,29). The van der Waals surface area contributed by atoms with E-state index in [-0.39, 0.29) is 23.0 Å². The molecule has 1 aromatic carbocycles. The second-order valence-electron chi connectivity index (χ2n) is 7.06. The Morgan fingerprint density at radius 2 is 1.88 bits per heavy atom. The summed E-state index contributed by atoms with van der Waals surface area (Å²) in [6, 6.07) is 9.36. The fourth-order valence-electron chi connectivity index (χ4n) is 3.63. The van der Waals surface area contributed by atoms with E-state index in [2.05, 4.69) is 16.4 Å². The van der Waals surface area contributed by atoms with E-state index in [0.717, 1.165) is 16.2 Å². The smallest absolute Gasteiger partial charge is 0.263 e. The zero-order chi connectivity index (χ0) is 24.4. The van der Waals surface area contributed by atoms with Crippen LogP contribution in [0.4, 0.5) is 11.5 Å². The normalized spacial score (nSPS) is 10.6. The predicted molar refractivity (Wildman–Crippen MR) is 134 cm³/mol. The van der Waals surface area contributed by atoms with Crippen LogP contribution in [0.15, 0.2) is 29.6 Å². The molecule has 4 aromatic rings. The Hall–Kier alpha value is -4.01. The van der Waals surface area contributed by atoms with Crippen molar-refractivity contribution in [1.82, 2.24) is 10.3 Å². The number of pyridine rings is 1. The van der Waals surface area contributed by atoms with E-state index in [4.69, 9.17) is 25.7 Å². The molecule has 0 atom stereocenters. The van der Waals surface area contributed by atoms with Gasteiger partial charge in [-0.25, -0.2) is 4.98 Å². The van der Waals surface area contributed by atoms with Crippen LogP contribution in [0.5, 0.6) is 17.2 Å². The lowest BCUT2D eigenvalue weighted by atomic mass is 9.96. The van der Waals surface area contributed by atoms with Crippen LogP contribution in [0.1, 0.15) is 20.1 Å². The zero-order valence-electron chi connectivity index (χ0n) is 18.6. The molecule has 0 saturated carbocycles. The minimum atomic E-state index is -0.332. The number of nitrogens with one attached hydrogen (secondary N) is 1. The maximum absolute atomic E-state index is 12.9. The number of rotatable bonds is 7. The van der Waals surface area contributed by atoms with Gasteiger partial charge in [0.2, 0.25) is 5.75 Å². The quantitative estimate of drug-likeness (QED) is 0.348. The monoisotopic (exact) mass is 495 g/mol. The number of nitrogens with two attached hydrogens (primary N) is 2. The molecule has 0 unspecified atom stereocenters. The van der Waals surface area contributed by atoms with Crippen molar-refractivity contribution < 1.29 is 19.0 Å². The van der Waals surface area contributed by atoms with E-state index in [9.17, 15) is 10.1 Å². The van der Waals surface area contributed by atoms with Crippen LogP contribution in [-0.2, 0) is 6.54 Å². The Balaban J connectivity index is 1.92. The first kappa shape index (κ1) is 23.2. The number of nitrogens with zero attached hydrogens (tertiary/aromatic N) is 2. The van der Waals surface area contributed by atoms with Crippen LogP contribution < -0.4 is 31.0 Å². The molecule has 1 amide bonds. The van der Waals surface area contributed by atoms with E-state index in [1.54, 1.807) is 23.5 Å². The number of amides is 1. The number of hydrogen-bond donors (Lipinski definition) is 3. The molecule has 3 heterocycles. The number of hydrogen-bond acceptors (Lipinski definition) is 10. The SMILES string of the molecule is COc1cc(-c2c(C#N)c(N)nc3sc(C(=O)NCc4cccs4)c(N)c23)cc(OC)c1OC. The Bertz CT molecular complexity index is 1400. The Morgan fingerprint density at radius 1 is 1.18 bits per heavy atom. The summed E-state index contributed by atoms with van der Waals surface area (Å²) in [6.45, 7) is 0.378. The van der Waals surface area contributed by atoms with Gasteiger partial charge in [0.15, 0.2) is 11.5 Å². The molecule has 0 saturated heterocycles. The minimum absolute atomic E-state index is 0.0329. The predicted octanol–water partition coefficient (Wildman–Crippen LogP) is 4.02. The van der Waals surface area contributed by atoms with Crippen molar-refractivity contribution in [2.24, 2.45) is 0 Å². The fraction of sp³-hybridized carbons (Fsp3) is 0.174. The minimum Gasteiger partial charge on any atom is -0.493 e. The number of thiophene rings is 2. The lowest BCUT2D eigenvalue weighted by Crippen LogP contribution is -2.22. The van der Waals surface area contributed by atoms with Gasteiger partial charge in [-0.05, 0) is 29.1 Å². The summed E-state index contributed by atoms with van der Waals surface area (Å²) in [4.78, 5) is 19.1. The van der Waals surface area contributed by atoms with Crippen LogP contribution >= 0.6 is 22.7 Å². The highest BCUT2D eigenvalue weighted by Crippen LogP contribution is 2.47. The number of anilines is 2. The molecule has 34 heavy (non-hydrogen) atoms. The highest BCUT2D eigenvalue weighted by atomic mass is 32.1. The highest BCUT2D eigenvalue weighted by Gasteiger charge is 2.26. The molecule has 9 nitrogen and oxygen atoms in total. The summed E-state index contributed by atoms with van der Waals surface area (Å²) < 4.78 is 16.3.